The molecule has 1 aliphatic rings. The van der Waals surface area contributed by atoms with Crippen molar-refractivity contribution in [1.82, 2.24) is 14.7 Å². The number of aryl methyl sites for hydroxylation is 2. The quantitative estimate of drug-likeness (QED) is 0.787. The second-order valence-corrected chi connectivity index (χ2v) is 7.09. The van der Waals surface area contributed by atoms with Gasteiger partial charge in [0.2, 0.25) is 0 Å². The third-order valence-corrected chi connectivity index (χ3v) is 5.01. The number of likely N-dealkylation sites (tertiary alicyclic amines) is 1. The van der Waals surface area contributed by atoms with Crippen molar-refractivity contribution in [2.45, 2.75) is 44.5 Å². The van der Waals surface area contributed by atoms with Gasteiger partial charge in [0.05, 0.1) is 5.60 Å². The van der Waals surface area contributed by atoms with Crippen molar-refractivity contribution >= 4 is 5.97 Å². The number of nitrogens with zero attached hydrogens (tertiary/aromatic N) is 3. The van der Waals surface area contributed by atoms with Crippen LogP contribution in [0.1, 0.15) is 30.5 Å². The van der Waals surface area contributed by atoms with E-state index < -0.39 is 17.7 Å². The summed E-state index contributed by atoms with van der Waals surface area (Å²) in [5.41, 5.74) is 1.63. The molecule has 29 heavy (non-hydrogen) atoms. The molecule has 1 aromatic heterocycles. The molecule has 0 aliphatic carbocycles. The maximum atomic E-state index is 10.8. The number of halogens is 3. The van der Waals surface area contributed by atoms with Crippen molar-refractivity contribution in [3.8, 4) is 0 Å². The van der Waals surface area contributed by atoms with E-state index in [0.717, 1.165) is 51.0 Å². The first-order chi connectivity index (χ1) is 13.6. The van der Waals surface area contributed by atoms with Crippen molar-refractivity contribution in [3.63, 3.8) is 0 Å². The molecule has 1 aliphatic heterocycles. The minimum Gasteiger partial charge on any atom is -0.475 e. The molecule has 160 valence electrons. The first-order valence-corrected chi connectivity index (χ1v) is 9.40. The zero-order chi connectivity index (χ0) is 21.5. The van der Waals surface area contributed by atoms with Gasteiger partial charge in [-0.15, -0.1) is 0 Å². The highest BCUT2D eigenvalue weighted by molar-refractivity contribution is 5.73. The van der Waals surface area contributed by atoms with E-state index in [2.05, 4.69) is 21.6 Å². The first-order valence-electron chi connectivity index (χ1n) is 9.40. The van der Waals surface area contributed by atoms with Gasteiger partial charge in [-0.25, -0.2) is 4.79 Å². The molecule has 0 spiro atoms. The summed E-state index contributed by atoms with van der Waals surface area (Å²) < 4.78 is 33.8. The Hall–Kier alpha value is -2.39. The number of piperidine rings is 1. The summed E-state index contributed by atoms with van der Waals surface area (Å²) in [5.74, 6) is -2.76. The Labute approximate surface area is 167 Å². The van der Waals surface area contributed by atoms with Gasteiger partial charge >= 0.3 is 12.1 Å². The zero-order valence-electron chi connectivity index (χ0n) is 16.3. The molecular formula is C20H26F3N3O3. The van der Waals surface area contributed by atoms with E-state index in [1.54, 1.807) is 0 Å². The van der Waals surface area contributed by atoms with E-state index in [1.165, 1.54) is 5.69 Å². The lowest BCUT2D eigenvalue weighted by atomic mass is 9.84. The highest BCUT2D eigenvalue weighted by Gasteiger charge is 2.38. The predicted octanol–water partition coefficient (Wildman–Crippen LogP) is 3.20. The van der Waals surface area contributed by atoms with Crippen LogP contribution in [0.15, 0.2) is 42.6 Å². The molecule has 1 fully saturated rings. The molecule has 0 saturated carbocycles. The molecule has 2 aromatic rings. The van der Waals surface area contributed by atoms with Crippen molar-refractivity contribution in [2.24, 2.45) is 0 Å². The van der Waals surface area contributed by atoms with Crippen LogP contribution in [-0.2, 0) is 16.9 Å². The van der Waals surface area contributed by atoms with E-state index in [1.807, 2.05) is 42.6 Å². The highest BCUT2D eigenvalue weighted by atomic mass is 19.4. The summed E-state index contributed by atoms with van der Waals surface area (Å²) in [6.07, 6.45) is -0.488. The van der Waals surface area contributed by atoms with Crippen LogP contribution in [0.5, 0.6) is 0 Å². The molecule has 9 heteroatoms. The molecular weight excluding hydrogens is 387 g/mol. The van der Waals surface area contributed by atoms with Crippen LogP contribution in [-0.4, -0.2) is 56.7 Å². The second kappa shape index (κ2) is 9.89. The number of rotatable bonds is 5. The number of carboxylic acids is 1. The summed E-state index contributed by atoms with van der Waals surface area (Å²) >= 11 is 0. The van der Waals surface area contributed by atoms with Gasteiger partial charge in [-0.1, -0.05) is 30.3 Å². The maximum Gasteiger partial charge on any atom is 0.490 e. The number of aliphatic hydroxyl groups is 1. The van der Waals surface area contributed by atoms with Gasteiger partial charge in [0, 0.05) is 31.5 Å². The number of alkyl halides is 3. The van der Waals surface area contributed by atoms with E-state index >= 15 is 0 Å². The number of aliphatic carboxylic acids is 1. The van der Waals surface area contributed by atoms with E-state index in [4.69, 9.17) is 9.90 Å². The minimum atomic E-state index is -5.08. The monoisotopic (exact) mass is 413 g/mol. The molecule has 0 unspecified atom stereocenters. The van der Waals surface area contributed by atoms with Gasteiger partial charge in [0.25, 0.3) is 0 Å². The van der Waals surface area contributed by atoms with E-state index in [9.17, 15) is 18.3 Å². The fourth-order valence-corrected chi connectivity index (χ4v) is 3.26. The molecule has 6 nitrogen and oxygen atoms in total. The SMILES string of the molecule is Cc1ccnn1CCCN1CCC(O)(c2ccccc2)CC1.O=C(O)C(F)(F)F. The summed E-state index contributed by atoms with van der Waals surface area (Å²) in [4.78, 5) is 11.4. The zero-order valence-corrected chi connectivity index (χ0v) is 16.3. The van der Waals surface area contributed by atoms with Gasteiger partial charge in [0.1, 0.15) is 0 Å². The van der Waals surface area contributed by atoms with E-state index in [-0.39, 0.29) is 0 Å². The van der Waals surface area contributed by atoms with Crippen LogP contribution < -0.4 is 0 Å². The Morgan fingerprint density at radius 1 is 1.14 bits per heavy atom. The van der Waals surface area contributed by atoms with Crippen LogP contribution in [0.25, 0.3) is 0 Å². The second-order valence-electron chi connectivity index (χ2n) is 7.09. The molecule has 0 atom stereocenters. The van der Waals surface area contributed by atoms with Crippen LogP contribution in [0, 0.1) is 6.92 Å². The van der Waals surface area contributed by atoms with Gasteiger partial charge in [-0.3, -0.25) is 4.68 Å². The standard InChI is InChI=1S/C18H25N3O.C2HF3O2/c1-16-8-11-19-21(16)13-5-12-20-14-9-18(22,10-15-20)17-6-3-2-4-7-17;3-2(4,5)1(6)7/h2-4,6-8,11,22H,5,9-10,12-15H2,1H3;(H,6,7). The van der Waals surface area contributed by atoms with Crippen LogP contribution in [0.3, 0.4) is 0 Å². The van der Waals surface area contributed by atoms with Crippen LogP contribution in [0.4, 0.5) is 13.2 Å². The topological polar surface area (TPSA) is 78.6 Å². The fraction of sp³-hybridized carbons (Fsp3) is 0.500. The summed E-state index contributed by atoms with van der Waals surface area (Å²) in [6, 6.07) is 12.1. The van der Waals surface area contributed by atoms with Gasteiger partial charge in [-0.05, 0) is 44.4 Å². The first kappa shape index (κ1) is 22.9. The van der Waals surface area contributed by atoms with Gasteiger partial charge < -0.3 is 15.1 Å². The number of benzene rings is 1. The average molecular weight is 413 g/mol. The third kappa shape index (κ3) is 6.86. The van der Waals surface area contributed by atoms with E-state index in [0.29, 0.717) is 0 Å². The minimum absolute atomic E-state index is 0.643. The number of hydrogen-bond donors (Lipinski definition) is 2. The summed E-state index contributed by atoms with van der Waals surface area (Å²) in [7, 11) is 0. The van der Waals surface area contributed by atoms with Crippen molar-refractivity contribution in [1.29, 1.82) is 0 Å². The lowest BCUT2D eigenvalue weighted by molar-refractivity contribution is -0.192. The molecule has 0 radical (unpaired) electrons. The number of aromatic nitrogens is 2. The normalized spacial score (nSPS) is 16.7. The average Bonchev–Trinajstić information content (AvgIpc) is 3.09. The molecule has 0 amide bonds. The highest BCUT2D eigenvalue weighted by Crippen LogP contribution is 2.32. The number of carbonyl (C=O) groups is 1. The Balaban J connectivity index is 0.000000370. The number of carboxylic acid groups (broad SMARTS) is 1. The lowest BCUT2D eigenvalue weighted by Gasteiger charge is -2.38. The Bertz CT molecular complexity index is 770. The van der Waals surface area contributed by atoms with Crippen molar-refractivity contribution in [3.05, 3.63) is 53.9 Å². The molecule has 1 aromatic carbocycles. The maximum absolute atomic E-state index is 10.8. The predicted molar refractivity (Wildman–Crippen MR) is 101 cm³/mol. The fourth-order valence-electron chi connectivity index (χ4n) is 3.26. The smallest absolute Gasteiger partial charge is 0.475 e. The van der Waals surface area contributed by atoms with Crippen molar-refractivity contribution in [2.75, 3.05) is 19.6 Å². The van der Waals surface area contributed by atoms with Crippen molar-refractivity contribution < 1.29 is 28.2 Å². The van der Waals surface area contributed by atoms with Crippen LogP contribution in [0.2, 0.25) is 0 Å². The molecule has 0 bridgehead atoms. The lowest BCUT2D eigenvalue weighted by Crippen LogP contribution is -2.43. The molecule has 3 rings (SSSR count). The largest absolute Gasteiger partial charge is 0.490 e. The summed E-state index contributed by atoms with van der Waals surface area (Å²) in [6.45, 7) is 6.06. The van der Waals surface area contributed by atoms with Gasteiger partial charge in [0.15, 0.2) is 0 Å². The third-order valence-electron chi connectivity index (χ3n) is 5.01. The Morgan fingerprint density at radius 3 is 2.21 bits per heavy atom. The molecule has 2 heterocycles. The Morgan fingerprint density at radius 2 is 1.72 bits per heavy atom. The Kier molecular flexibility index (Phi) is 7.80. The van der Waals surface area contributed by atoms with Crippen LogP contribution >= 0.6 is 0 Å². The molecule has 2 N–H and O–H groups in total. The number of hydrogen-bond acceptors (Lipinski definition) is 4. The molecule has 1 saturated heterocycles. The summed E-state index contributed by atoms with van der Waals surface area (Å²) in [5, 5.41) is 22.3. The van der Waals surface area contributed by atoms with Gasteiger partial charge in [-0.2, -0.15) is 18.3 Å².